The maximum absolute atomic E-state index is 13.8. The highest BCUT2D eigenvalue weighted by molar-refractivity contribution is 7.89. The van der Waals surface area contributed by atoms with E-state index >= 15 is 0 Å². The van der Waals surface area contributed by atoms with Crippen LogP contribution in [0.25, 0.3) is 0 Å². The van der Waals surface area contributed by atoms with Crippen LogP contribution in [0.3, 0.4) is 0 Å². The molecule has 3 aromatic rings. The van der Waals surface area contributed by atoms with Crippen molar-refractivity contribution >= 4 is 33.1 Å². The van der Waals surface area contributed by atoms with Gasteiger partial charge in [-0.1, -0.05) is 50.2 Å². The van der Waals surface area contributed by atoms with Gasteiger partial charge in [0, 0.05) is 45.7 Å². The Bertz CT molecular complexity index is 1570. The molecule has 3 aromatic carbocycles. The summed E-state index contributed by atoms with van der Waals surface area (Å²) >= 11 is 0. The van der Waals surface area contributed by atoms with E-state index in [0.717, 1.165) is 33.5 Å². The van der Waals surface area contributed by atoms with Crippen molar-refractivity contribution in [3.8, 4) is 0 Å². The van der Waals surface area contributed by atoms with Crippen LogP contribution >= 0.6 is 0 Å². The average Bonchev–Trinajstić information content (AvgIpc) is 3.07. The number of hydrogen-bond donors (Lipinski definition) is 3. The number of esters is 1. The number of nitrogens with two attached hydrogens (primary N) is 2. The summed E-state index contributed by atoms with van der Waals surface area (Å²) in [4.78, 5) is 15.5. The summed E-state index contributed by atoms with van der Waals surface area (Å²) in [6.45, 7) is 9.19. The number of nitrogens with zero attached hydrogens (tertiary/aromatic N) is 2. The fourth-order valence-corrected chi connectivity index (χ4v) is 7.07. The highest BCUT2D eigenvalue weighted by atomic mass is 32.2. The number of hydrogen-bond acceptors (Lipinski definition) is 8. The van der Waals surface area contributed by atoms with Crippen molar-refractivity contribution in [3.63, 3.8) is 0 Å². The zero-order valence-corrected chi connectivity index (χ0v) is 26.9. The SMILES string of the molecule is CNc1ccc(C(CC(=O)OCC(N)C(C)C)c2ccc(C)c(CN3CCN(C)c4ccccc4S3(=O)=O)c2)c(C)c1N. The van der Waals surface area contributed by atoms with Gasteiger partial charge in [-0.05, 0) is 65.8 Å². The zero-order chi connectivity index (χ0) is 31.5. The van der Waals surface area contributed by atoms with Crippen molar-refractivity contribution in [2.45, 2.75) is 57.5 Å². The van der Waals surface area contributed by atoms with Crippen LogP contribution in [0, 0.1) is 19.8 Å². The van der Waals surface area contributed by atoms with Gasteiger partial charge < -0.3 is 26.4 Å². The summed E-state index contributed by atoms with van der Waals surface area (Å²) < 4.78 is 34.8. The molecule has 2 unspecified atom stereocenters. The lowest BCUT2D eigenvalue weighted by Crippen LogP contribution is -2.33. The lowest BCUT2D eigenvalue weighted by molar-refractivity contribution is -0.144. The number of para-hydroxylation sites is 1. The van der Waals surface area contributed by atoms with Gasteiger partial charge in [-0.2, -0.15) is 4.31 Å². The maximum atomic E-state index is 13.8. The number of rotatable bonds is 10. The number of benzene rings is 3. The van der Waals surface area contributed by atoms with E-state index < -0.39 is 10.0 Å². The molecule has 0 fully saturated rings. The summed E-state index contributed by atoms with van der Waals surface area (Å²) in [6, 6.07) is 16.8. The first kappa shape index (κ1) is 32.3. The molecule has 0 amide bonds. The van der Waals surface area contributed by atoms with Gasteiger partial charge in [-0.15, -0.1) is 0 Å². The Morgan fingerprint density at radius 1 is 1.07 bits per heavy atom. The van der Waals surface area contributed by atoms with E-state index in [9.17, 15) is 13.2 Å². The molecule has 5 N–H and O–H groups in total. The fourth-order valence-electron chi connectivity index (χ4n) is 5.42. The minimum absolute atomic E-state index is 0.0900. The van der Waals surface area contributed by atoms with E-state index in [1.807, 2.05) is 89.2 Å². The third-order valence-electron chi connectivity index (χ3n) is 8.57. The molecule has 0 aliphatic carbocycles. The Kier molecular flexibility index (Phi) is 10.0. The minimum Gasteiger partial charge on any atom is -0.464 e. The van der Waals surface area contributed by atoms with Crippen LogP contribution in [0.15, 0.2) is 59.5 Å². The molecule has 0 aromatic heterocycles. The van der Waals surface area contributed by atoms with Gasteiger partial charge in [0.1, 0.15) is 11.5 Å². The number of carbonyl (C=O) groups is 1. The van der Waals surface area contributed by atoms with Crippen molar-refractivity contribution in [2.24, 2.45) is 11.7 Å². The standard InChI is InChI=1S/C33H45N5O4S/c1-21(2)28(34)20-42-32(39)18-27(26-13-14-29(36-5)33(35)23(26)4)24-12-11-22(3)25(17-24)19-38-16-15-37(6)30-9-7-8-10-31(30)43(38,40)41/h7-14,17,21,27-28,36H,15-16,18-20,34-35H2,1-6H3. The summed E-state index contributed by atoms with van der Waals surface area (Å²) in [6.07, 6.45) is 0.0900. The number of nitrogen functional groups attached to an aromatic ring is 1. The Morgan fingerprint density at radius 2 is 1.79 bits per heavy atom. The Morgan fingerprint density at radius 3 is 2.49 bits per heavy atom. The second kappa shape index (κ2) is 13.4. The number of aryl methyl sites for hydroxylation is 1. The molecule has 0 saturated carbocycles. The van der Waals surface area contributed by atoms with Gasteiger partial charge in [-0.25, -0.2) is 8.42 Å². The van der Waals surface area contributed by atoms with Crippen LogP contribution in [0.5, 0.6) is 0 Å². The van der Waals surface area contributed by atoms with Crippen molar-refractivity contribution in [1.29, 1.82) is 0 Å². The number of ether oxygens (including phenoxy) is 1. The molecule has 0 spiro atoms. The minimum atomic E-state index is -3.73. The summed E-state index contributed by atoms with van der Waals surface area (Å²) in [5.74, 6) is -0.530. The maximum Gasteiger partial charge on any atom is 0.306 e. The van der Waals surface area contributed by atoms with Crippen molar-refractivity contribution in [2.75, 3.05) is 49.7 Å². The highest BCUT2D eigenvalue weighted by Gasteiger charge is 2.32. The number of likely N-dealkylation sites (N-methyl/N-ethyl adjacent to an activating group) is 1. The second-order valence-corrected chi connectivity index (χ2v) is 13.7. The first-order valence-electron chi connectivity index (χ1n) is 14.7. The summed E-state index contributed by atoms with van der Waals surface area (Å²) in [7, 11) is -0.00398. The van der Waals surface area contributed by atoms with Crippen LogP contribution < -0.4 is 21.7 Å². The van der Waals surface area contributed by atoms with E-state index in [1.54, 1.807) is 16.4 Å². The number of nitrogens with one attached hydrogen (secondary N) is 1. The fraction of sp³-hybridized carbons (Fsp3) is 0.424. The number of anilines is 3. The average molecular weight is 608 g/mol. The monoisotopic (exact) mass is 607 g/mol. The Labute approximate surface area is 256 Å². The van der Waals surface area contributed by atoms with Crippen molar-refractivity contribution < 1.29 is 17.9 Å². The van der Waals surface area contributed by atoms with Crippen molar-refractivity contribution in [3.05, 3.63) is 82.4 Å². The van der Waals surface area contributed by atoms with Crippen LogP contribution in [-0.4, -0.2) is 58.5 Å². The molecule has 1 heterocycles. The molecular weight excluding hydrogens is 562 g/mol. The summed E-state index contributed by atoms with van der Waals surface area (Å²) in [5.41, 5.74) is 19.2. The molecule has 0 radical (unpaired) electrons. The Hall–Kier alpha value is -3.60. The van der Waals surface area contributed by atoms with E-state index in [0.29, 0.717) is 29.4 Å². The smallest absolute Gasteiger partial charge is 0.306 e. The van der Waals surface area contributed by atoms with Crippen LogP contribution in [-0.2, 0) is 26.1 Å². The molecule has 232 valence electrons. The van der Waals surface area contributed by atoms with E-state index in [2.05, 4.69) is 5.32 Å². The predicted molar refractivity (Wildman–Crippen MR) is 174 cm³/mol. The second-order valence-electron chi connectivity index (χ2n) is 11.8. The molecule has 1 aliphatic heterocycles. The molecular formula is C33H45N5O4S. The normalized spacial score (nSPS) is 16.3. The zero-order valence-electron chi connectivity index (χ0n) is 26.1. The van der Waals surface area contributed by atoms with E-state index in [-0.39, 0.29) is 43.4 Å². The number of sulfonamides is 1. The third kappa shape index (κ3) is 6.98. The Balaban J connectivity index is 1.71. The summed E-state index contributed by atoms with van der Waals surface area (Å²) in [5, 5.41) is 3.11. The van der Waals surface area contributed by atoms with Gasteiger partial charge >= 0.3 is 5.97 Å². The van der Waals surface area contributed by atoms with Gasteiger partial charge in [0.05, 0.1) is 23.5 Å². The molecule has 43 heavy (non-hydrogen) atoms. The molecule has 9 nitrogen and oxygen atoms in total. The van der Waals surface area contributed by atoms with Gasteiger partial charge in [0.25, 0.3) is 0 Å². The number of carbonyl (C=O) groups excluding carboxylic acids is 1. The molecule has 10 heteroatoms. The van der Waals surface area contributed by atoms with E-state index in [1.165, 1.54) is 0 Å². The topological polar surface area (TPSA) is 131 Å². The quantitative estimate of drug-likeness (QED) is 0.225. The highest BCUT2D eigenvalue weighted by Crippen LogP contribution is 2.37. The van der Waals surface area contributed by atoms with Crippen molar-refractivity contribution in [1.82, 2.24) is 4.31 Å². The van der Waals surface area contributed by atoms with Crippen LogP contribution in [0.4, 0.5) is 17.1 Å². The first-order valence-corrected chi connectivity index (χ1v) is 16.2. The predicted octanol–water partition coefficient (Wildman–Crippen LogP) is 4.62. The van der Waals surface area contributed by atoms with Crippen LogP contribution in [0.1, 0.15) is 54.0 Å². The molecule has 2 atom stereocenters. The number of fused-ring (bicyclic) bond motifs is 1. The molecule has 0 bridgehead atoms. The van der Waals surface area contributed by atoms with Gasteiger partial charge in [-0.3, -0.25) is 4.79 Å². The molecule has 4 rings (SSSR count). The molecule has 0 saturated heterocycles. The van der Waals surface area contributed by atoms with Gasteiger partial charge in [0.15, 0.2) is 0 Å². The molecule has 1 aliphatic rings. The lowest BCUT2D eigenvalue weighted by atomic mass is 9.84. The first-order chi connectivity index (χ1) is 20.3. The van der Waals surface area contributed by atoms with Gasteiger partial charge in [0.2, 0.25) is 10.0 Å². The largest absolute Gasteiger partial charge is 0.464 e. The third-order valence-corrected chi connectivity index (χ3v) is 10.5. The van der Waals surface area contributed by atoms with E-state index in [4.69, 9.17) is 16.2 Å². The lowest BCUT2D eigenvalue weighted by Gasteiger charge is -2.25. The van der Waals surface area contributed by atoms with Crippen LogP contribution in [0.2, 0.25) is 0 Å².